The second-order valence-electron chi connectivity index (χ2n) is 4.44. The molecule has 0 amide bonds. The van der Waals surface area contributed by atoms with Crippen molar-refractivity contribution in [1.82, 2.24) is 10.2 Å². The smallest absolute Gasteiger partial charge is 0.238 e. The molecule has 0 spiro atoms. The van der Waals surface area contributed by atoms with E-state index in [-0.39, 0.29) is 17.3 Å². The van der Waals surface area contributed by atoms with Crippen LogP contribution in [0, 0.1) is 0 Å². The largest absolute Gasteiger partial charge is 0.493 e. The molecule has 2 aromatic rings. The first-order valence-corrected chi connectivity index (χ1v) is 9.87. The van der Waals surface area contributed by atoms with Gasteiger partial charge in [-0.3, -0.25) is 4.72 Å². The van der Waals surface area contributed by atoms with Crippen molar-refractivity contribution in [2.45, 2.75) is 10.8 Å². The summed E-state index contributed by atoms with van der Waals surface area (Å²) < 4.78 is 32.1. The Morgan fingerprint density at radius 2 is 1.83 bits per heavy atom. The van der Waals surface area contributed by atoms with E-state index < -0.39 is 10.0 Å². The highest BCUT2D eigenvalue weighted by Crippen LogP contribution is 2.27. The molecule has 0 saturated carbocycles. The van der Waals surface area contributed by atoms with Crippen LogP contribution in [0.3, 0.4) is 0 Å². The molecule has 23 heavy (non-hydrogen) atoms. The summed E-state index contributed by atoms with van der Waals surface area (Å²) in [6.45, 7) is 0. The van der Waals surface area contributed by atoms with Crippen molar-refractivity contribution >= 4 is 50.8 Å². The average Bonchev–Trinajstić information content (AvgIpc) is 2.45. The van der Waals surface area contributed by atoms with Crippen LogP contribution in [0.5, 0.6) is 5.75 Å². The van der Waals surface area contributed by atoms with E-state index in [1.165, 1.54) is 37.1 Å². The van der Waals surface area contributed by atoms with E-state index >= 15 is 0 Å². The number of thioether (sulfide) groups is 1. The van der Waals surface area contributed by atoms with Crippen molar-refractivity contribution in [2.24, 2.45) is 0 Å². The zero-order valence-electron chi connectivity index (χ0n) is 12.2. The number of benzene rings is 1. The van der Waals surface area contributed by atoms with Gasteiger partial charge >= 0.3 is 0 Å². The molecular weight excluding hydrogens is 381 g/mol. The van der Waals surface area contributed by atoms with Crippen molar-refractivity contribution in [3.63, 3.8) is 0 Å². The van der Waals surface area contributed by atoms with Crippen LogP contribution < -0.4 is 9.46 Å². The van der Waals surface area contributed by atoms with Gasteiger partial charge in [-0.15, -0.1) is 22.0 Å². The van der Waals surface area contributed by atoms with Crippen molar-refractivity contribution in [3.8, 4) is 5.75 Å². The Labute approximate surface area is 148 Å². The van der Waals surface area contributed by atoms with Gasteiger partial charge in [-0.1, -0.05) is 23.2 Å². The molecule has 1 aromatic carbocycles. The maximum atomic E-state index is 12.3. The van der Waals surface area contributed by atoms with E-state index in [9.17, 15) is 8.42 Å². The Morgan fingerprint density at radius 3 is 2.39 bits per heavy atom. The summed E-state index contributed by atoms with van der Waals surface area (Å²) in [6, 6.07) is 6.20. The zero-order valence-corrected chi connectivity index (χ0v) is 15.4. The van der Waals surface area contributed by atoms with Crippen molar-refractivity contribution in [2.75, 3.05) is 18.1 Å². The fourth-order valence-electron chi connectivity index (χ4n) is 1.78. The van der Waals surface area contributed by atoms with Gasteiger partial charge in [0.05, 0.1) is 12.9 Å². The minimum absolute atomic E-state index is 0.0263. The van der Waals surface area contributed by atoms with E-state index in [4.69, 9.17) is 27.9 Å². The van der Waals surface area contributed by atoms with E-state index in [2.05, 4.69) is 14.9 Å². The van der Waals surface area contributed by atoms with Gasteiger partial charge < -0.3 is 4.74 Å². The SMILES string of the molecule is COc1cc(SC)nnc1NS(=O)(=O)Cc1cc(Cl)cc(Cl)c1. The third-order valence-electron chi connectivity index (χ3n) is 2.70. The van der Waals surface area contributed by atoms with Gasteiger partial charge in [-0.05, 0) is 30.0 Å². The predicted molar refractivity (Wildman–Crippen MR) is 93.1 cm³/mol. The number of nitrogens with zero attached hydrogens (tertiary/aromatic N) is 2. The molecule has 6 nitrogen and oxygen atoms in total. The van der Waals surface area contributed by atoms with Crippen LogP contribution >= 0.6 is 35.0 Å². The third kappa shape index (κ3) is 5.13. The number of hydrogen-bond donors (Lipinski definition) is 1. The van der Waals surface area contributed by atoms with Crippen LogP contribution in [0.4, 0.5) is 5.82 Å². The van der Waals surface area contributed by atoms with E-state index in [0.717, 1.165) is 0 Å². The lowest BCUT2D eigenvalue weighted by Gasteiger charge is -2.11. The Balaban J connectivity index is 2.24. The number of hydrogen-bond acceptors (Lipinski definition) is 6. The molecule has 1 aromatic heterocycles. The van der Waals surface area contributed by atoms with Gasteiger partial charge in [-0.25, -0.2) is 8.42 Å². The minimum Gasteiger partial charge on any atom is -0.493 e. The summed E-state index contributed by atoms with van der Waals surface area (Å²) in [5.74, 6) is 0.0121. The number of aromatic nitrogens is 2. The van der Waals surface area contributed by atoms with Gasteiger partial charge in [0.25, 0.3) is 0 Å². The normalized spacial score (nSPS) is 11.3. The monoisotopic (exact) mass is 393 g/mol. The molecule has 2 rings (SSSR count). The number of sulfonamides is 1. The number of ether oxygens (including phenoxy) is 1. The molecule has 0 unspecified atom stereocenters. The highest BCUT2D eigenvalue weighted by Gasteiger charge is 2.17. The molecule has 0 fully saturated rings. The zero-order chi connectivity index (χ0) is 17.0. The first-order valence-electron chi connectivity index (χ1n) is 6.24. The summed E-state index contributed by atoms with van der Waals surface area (Å²) in [5, 5.41) is 9.08. The summed E-state index contributed by atoms with van der Waals surface area (Å²) in [4.78, 5) is 0. The van der Waals surface area contributed by atoms with Crippen LogP contribution in [-0.4, -0.2) is 32.0 Å². The highest BCUT2D eigenvalue weighted by atomic mass is 35.5. The van der Waals surface area contributed by atoms with Gasteiger partial charge in [0, 0.05) is 16.1 Å². The highest BCUT2D eigenvalue weighted by molar-refractivity contribution is 7.98. The van der Waals surface area contributed by atoms with E-state index in [1.54, 1.807) is 6.07 Å². The molecule has 0 atom stereocenters. The van der Waals surface area contributed by atoms with Gasteiger partial charge in [0.15, 0.2) is 5.75 Å². The maximum absolute atomic E-state index is 12.3. The lowest BCUT2D eigenvalue weighted by Crippen LogP contribution is -2.17. The molecule has 124 valence electrons. The van der Waals surface area contributed by atoms with Gasteiger partial charge in [0.2, 0.25) is 15.8 Å². The Kier molecular flexibility index (Phi) is 5.96. The predicted octanol–water partition coefficient (Wildman–Crippen LogP) is 3.46. The summed E-state index contributed by atoms with van der Waals surface area (Å²) in [5.41, 5.74) is 0.461. The molecule has 10 heteroatoms. The molecular formula is C13H13Cl2N3O3S2. The molecule has 0 radical (unpaired) electrons. The van der Waals surface area contributed by atoms with Crippen LogP contribution in [0.2, 0.25) is 10.0 Å². The first-order chi connectivity index (χ1) is 10.8. The minimum atomic E-state index is -3.73. The first kappa shape index (κ1) is 18.1. The van der Waals surface area contributed by atoms with Crippen LogP contribution in [0.25, 0.3) is 0 Å². The number of nitrogens with one attached hydrogen (secondary N) is 1. The lowest BCUT2D eigenvalue weighted by molar-refractivity contribution is 0.412. The number of methoxy groups -OCH3 is 1. The van der Waals surface area contributed by atoms with Crippen molar-refractivity contribution < 1.29 is 13.2 Å². The molecule has 1 N–H and O–H groups in total. The second-order valence-corrected chi connectivity index (χ2v) is 7.86. The summed E-state index contributed by atoms with van der Waals surface area (Å²) >= 11 is 13.1. The van der Waals surface area contributed by atoms with Crippen LogP contribution in [0.15, 0.2) is 29.3 Å². The molecule has 1 heterocycles. The second kappa shape index (κ2) is 7.57. The maximum Gasteiger partial charge on any atom is 0.238 e. The van der Waals surface area contributed by atoms with Crippen molar-refractivity contribution in [3.05, 3.63) is 39.9 Å². The molecule has 0 bridgehead atoms. The molecule has 0 aliphatic rings. The lowest BCUT2D eigenvalue weighted by atomic mass is 10.2. The number of halogens is 2. The fourth-order valence-corrected chi connectivity index (χ4v) is 3.81. The van der Waals surface area contributed by atoms with E-state index in [1.807, 2.05) is 6.26 Å². The molecule has 0 saturated heterocycles. The standard InChI is InChI=1S/C13H13Cl2N3O3S2/c1-21-11-6-12(22-2)16-17-13(11)18-23(19,20)7-8-3-9(14)5-10(15)4-8/h3-6H,7H2,1-2H3,(H,17,18). The molecule has 0 aliphatic heterocycles. The van der Waals surface area contributed by atoms with Crippen LogP contribution in [-0.2, 0) is 15.8 Å². The molecule has 0 aliphatic carbocycles. The fraction of sp³-hybridized carbons (Fsp3) is 0.231. The number of anilines is 1. The summed E-state index contributed by atoms with van der Waals surface area (Å²) in [6.07, 6.45) is 1.83. The topological polar surface area (TPSA) is 81.2 Å². The quantitative estimate of drug-likeness (QED) is 0.756. The Bertz CT molecular complexity index is 796. The van der Waals surface area contributed by atoms with E-state index in [0.29, 0.717) is 20.6 Å². The average molecular weight is 394 g/mol. The third-order valence-corrected chi connectivity index (χ3v) is 4.97. The summed E-state index contributed by atoms with van der Waals surface area (Å²) in [7, 11) is -2.30. The van der Waals surface area contributed by atoms with Gasteiger partial charge in [0.1, 0.15) is 5.03 Å². The van der Waals surface area contributed by atoms with Gasteiger partial charge in [-0.2, -0.15) is 0 Å². The Morgan fingerprint density at radius 1 is 1.17 bits per heavy atom. The van der Waals surface area contributed by atoms with Crippen LogP contribution in [0.1, 0.15) is 5.56 Å². The number of rotatable bonds is 6. The van der Waals surface area contributed by atoms with Crippen molar-refractivity contribution in [1.29, 1.82) is 0 Å². The Hall–Kier alpha value is -1.22.